The molecule has 0 atom stereocenters. The highest BCUT2D eigenvalue weighted by Crippen LogP contribution is 2.36. The number of carbonyl (C=O) groups is 1. The smallest absolute Gasteiger partial charge is 0.259 e. The average molecular weight is 299 g/mol. The Labute approximate surface area is 120 Å². The van der Waals surface area contributed by atoms with Crippen LogP contribution in [0.25, 0.3) is 11.3 Å². The van der Waals surface area contributed by atoms with Gasteiger partial charge in [-0.1, -0.05) is 34.4 Å². The minimum absolute atomic E-state index is 0.204. The van der Waals surface area contributed by atoms with Gasteiger partial charge in [0.05, 0.1) is 10.0 Å². The Hall–Kier alpha value is -1.52. The molecule has 2 rings (SSSR count). The summed E-state index contributed by atoms with van der Waals surface area (Å²) in [5.41, 5.74) is 1.25. The normalized spacial score (nSPS) is 10.6. The maximum atomic E-state index is 12.2. The third-order valence-electron chi connectivity index (χ3n) is 2.68. The fourth-order valence-corrected chi connectivity index (χ4v) is 2.32. The summed E-state index contributed by atoms with van der Waals surface area (Å²) in [6.45, 7) is 1.68. The van der Waals surface area contributed by atoms with Crippen LogP contribution in [0.15, 0.2) is 22.7 Å². The Morgan fingerprint density at radius 2 is 1.84 bits per heavy atom. The van der Waals surface area contributed by atoms with E-state index < -0.39 is 0 Å². The van der Waals surface area contributed by atoms with Gasteiger partial charge in [0.15, 0.2) is 0 Å². The predicted molar refractivity (Wildman–Crippen MR) is 74.7 cm³/mol. The molecule has 1 amide bonds. The topological polar surface area (TPSA) is 46.3 Å². The van der Waals surface area contributed by atoms with Crippen LogP contribution < -0.4 is 0 Å². The highest BCUT2D eigenvalue weighted by Gasteiger charge is 2.25. The standard InChI is InChI=1S/C13H12Cl2N2O2/c1-7-10(13(18)17(2)3)12(16-19-7)11-8(14)5-4-6-9(11)15/h4-6H,1-3H3. The molecular weight excluding hydrogens is 287 g/mol. The van der Waals surface area contributed by atoms with Crippen molar-refractivity contribution in [3.63, 3.8) is 0 Å². The Morgan fingerprint density at radius 3 is 2.37 bits per heavy atom. The average Bonchev–Trinajstić information content (AvgIpc) is 2.70. The molecule has 0 saturated carbocycles. The first kappa shape index (κ1) is 13.9. The van der Waals surface area contributed by atoms with Gasteiger partial charge in [-0.25, -0.2) is 0 Å². The number of rotatable bonds is 2. The van der Waals surface area contributed by atoms with Crippen molar-refractivity contribution in [1.29, 1.82) is 0 Å². The van der Waals surface area contributed by atoms with Crippen molar-refractivity contribution in [2.75, 3.05) is 14.1 Å². The Morgan fingerprint density at radius 1 is 1.26 bits per heavy atom. The molecule has 0 unspecified atom stereocenters. The van der Waals surface area contributed by atoms with Gasteiger partial charge in [-0.15, -0.1) is 0 Å². The lowest BCUT2D eigenvalue weighted by Gasteiger charge is -2.11. The molecule has 0 aliphatic carbocycles. The zero-order chi connectivity index (χ0) is 14.2. The zero-order valence-electron chi connectivity index (χ0n) is 10.7. The molecule has 0 saturated heterocycles. The highest BCUT2D eigenvalue weighted by atomic mass is 35.5. The quantitative estimate of drug-likeness (QED) is 0.850. The number of halogens is 2. The summed E-state index contributed by atoms with van der Waals surface area (Å²) < 4.78 is 5.12. The first-order valence-corrected chi connectivity index (χ1v) is 6.31. The van der Waals surface area contributed by atoms with E-state index in [0.717, 1.165) is 0 Å². The molecule has 2 aromatic rings. The van der Waals surface area contributed by atoms with E-state index in [1.807, 2.05) is 0 Å². The van der Waals surface area contributed by atoms with Crippen LogP contribution in [0.1, 0.15) is 16.1 Å². The van der Waals surface area contributed by atoms with E-state index in [1.165, 1.54) is 4.90 Å². The van der Waals surface area contributed by atoms with Gasteiger partial charge in [-0.3, -0.25) is 4.79 Å². The van der Waals surface area contributed by atoms with E-state index in [1.54, 1.807) is 39.2 Å². The van der Waals surface area contributed by atoms with Crippen LogP contribution in [0.2, 0.25) is 10.0 Å². The minimum atomic E-state index is -0.204. The molecule has 19 heavy (non-hydrogen) atoms. The molecule has 1 heterocycles. The summed E-state index contributed by atoms with van der Waals surface area (Å²) in [6.07, 6.45) is 0. The summed E-state index contributed by atoms with van der Waals surface area (Å²) in [5, 5.41) is 4.77. The monoisotopic (exact) mass is 298 g/mol. The van der Waals surface area contributed by atoms with Crippen LogP contribution in [0, 0.1) is 6.92 Å². The van der Waals surface area contributed by atoms with Gasteiger partial charge in [0.25, 0.3) is 5.91 Å². The lowest BCUT2D eigenvalue weighted by atomic mass is 10.1. The van der Waals surface area contributed by atoms with Crippen LogP contribution in [0.3, 0.4) is 0 Å². The molecule has 0 aliphatic heterocycles. The summed E-state index contributed by atoms with van der Waals surface area (Å²) in [5.74, 6) is 0.231. The first-order chi connectivity index (χ1) is 8.93. The summed E-state index contributed by atoms with van der Waals surface area (Å²) in [4.78, 5) is 13.6. The fraction of sp³-hybridized carbons (Fsp3) is 0.231. The lowest BCUT2D eigenvalue weighted by Crippen LogP contribution is -2.22. The number of nitrogens with zero attached hydrogens (tertiary/aromatic N) is 2. The second-order valence-electron chi connectivity index (χ2n) is 4.26. The van der Waals surface area contributed by atoms with Gasteiger partial charge in [-0.2, -0.15) is 0 Å². The van der Waals surface area contributed by atoms with Gasteiger partial charge in [-0.05, 0) is 19.1 Å². The molecule has 0 aliphatic rings. The predicted octanol–water partition coefficient (Wildman–Crippen LogP) is 3.66. The fourth-order valence-electron chi connectivity index (χ4n) is 1.74. The van der Waals surface area contributed by atoms with Crippen LogP contribution in [-0.4, -0.2) is 30.1 Å². The van der Waals surface area contributed by atoms with E-state index in [0.29, 0.717) is 32.6 Å². The number of hydrogen-bond acceptors (Lipinski definition) is 3. The molecule has 0 bridgehead atoms. The summed E-state index contributed by atoms with van der Waals surface area (Å²) in [7, 11) is 3.32. The van der Waals surface area contributed by atoms with Gasteiger partial charge in [0.2, 0.25) is 0 Å². The van der Waals surface area contributed by atoms with Crippen LogP contribution in [0.4, 0.5) is 0 Å². The third-order valence-corrected chi connectivity index (χ3v) is 3.31. The van der Waals surface area contributed by atoms with Crippen molar-refractivity contribution in [2.45, 2.75) is 6.92 Å². The van der Waals surface area contributed by atoms with E-state index >= 15 is 0 Å². The van der Waals surface area contributed by atoms with Crippen molar-refractivity contribution < 1.29 is 9.32 Å². The number of aromatic nitrogens is 1. The number of hydrogen-bond donors (Lipinski definition) is 0. The van der Waals surface area contributed by atoms with Crippen LogP contribution in [-0.2, 0) is 0 Å². The number of amides is 1. The lowest BCUT2D eigenvalue weighted by molar-refractivity contribution is 0.0826. The molecule has 0 radical (unpaired) electrons. The van der Waals surface area contributed by atoms with Crippen LogP contribution in [0.5, 0.6) is 0 Å². The number of benzene rings is 1. The first-order valence-electron chi connectivity index (χ1n) is 5.55. The zero-order valence-corrected chi connectivity index (χ0v) is 12.2. The molecule has 0 fully saturated rings. The molecular formula is C13H12Cl2N2O2. The molecule has 1 aromatic heterocycles. The van der Waals surface area contributed by atoms with Crippen LogP contribution >= 0.6 is 23.2 Å². The molecule has 4 nitrogen and oxygen atoms in total. The van der Waals surface area contributed by atoms with Crippen molar-refractivity contribution in [2.24, 2.45) is 0 Å². The number of carbonyl (C=O) groups excluding carboxylic acids is 1. The van der Waals surface area contributed by atoms with Crippen molar-refractivity contribution >= 4 is 29.1 Å². The summed E-state index contributed by atoms with van der Waals surface area (Å²) >= 11 is 12.3. The summed E-state index contributed by atoms with van der Waals surface area (Å²) in [6, 6.07) is 5.11. The van der Waals surface area contributed by atoms with E-state index in [2.05, 4.69) is 5.16 Å². The van der Waals surface area contributed by atoms with E-state index in [-0.39, 0.29) is 5.91 Å². The third kappa shape index (κ3) is 2.46. The Balaban J connectivity index is 2.68. The second-order valence-corrected chi connectivity index (χ2v) is 5.07. The number of aryl methyl sites for hydroxylation is 1. The van der Waals surface area contributed by atoms with Gasteiger partial charge >= 0.3 is 0 Å². The SMILES string of the molecule is Cc1onc(-c2c(Cl)cccc2Cl)c1C(=O)N(C)C. The van der Waals surface area contributed by atoms with Crippen molar-refractivity contribution in [3.05, 3.63) is 39.6 Å². The maximum Gasteiger partial charge on any atom is 0.259 e. The largest absolute Gasteiger partial charge is 0.360 e. The molecule has 0 spiro atoms. The van der Waals surface area contributed by atoms with Gasteiger partial charge < -0.3 is 9.42 Å². The Bertz CT molecular complexity index is 615. The molecule has 100 valence electrons. The molecule has 6 heteroatoms. The van der Waals surface area contributed by atoms with E-state index in [4.69, 9.17) is 27.7 Å². The van der Waals surface area contributed by atoms with Crippen molar-refractivity contribution in [3.8, 4) is 11.3 Å². The van der Waals surface area contributed by atoms with Crippen molar-refractivity contribution in [1.82, 2.24) is 10.1 Å². The molecule has 0 N–H and O–H groups in total. The maximum absolute atomic E-state index is 12.2. The second kappa shape index (κ2) is 5.23. The minimum Gasteiger partial charge on any atom is -0.360 e. The van der Waals surface area contributed by atoms with E-state index in [9.17, 15) is 4.79 Å². The Kier molecular flexibility index (Phi) is 3.83. The van der Waals surface area contributed by atoms with Gasteiger partial charge in [0, 0.05) is 19.7 Å². The molecule has 1 aromatic carbocycles. The highest BCUT2D eigenvalue weighted by molar-refractivity contribution is 6.39. The van der Waals surface area contributed by atoms with Gasteiger partial charge in [0.1, 0.15) is 17.0 Å².